The van der Waals surface area contributed by atoms with Gasteiger partial charge in [0, 0.05) is 11.1 Å². The average Bonchev–Trinajstić information content (AvgIpc) is 2.93. The van der Waals surface area contributed by atoms with Crippen LogP contribution in [0.4, 0.5) is 0 Å². The highest BCUT2D eigenvalue weighted by Crippen LogP contribution is 2.37. The van der Waals surface area contributed by atoms with Crippen molar-refractivity contribution in [3.8, 4) is 11.5 Å². The van der Waals surface area contributed by atoms with E-state index in [0.717, 1.165) is 53.8 Å². The highest BCUT2D eigenvalue weighted by molar-refractivity contribution is 6.15. The van der Waals surface area contributed by atoms with Crippen LogP contribution in [-0.2, 0) is 11.2 Å². The Labute approximate surface area is 164 Å². The molecule has 0 bridgehead atoms. The summed E-state index contributed by atoms with van der Waals surface area (Å²) in [5, 5.41) is 6.74. The lowest BCUT2D eigenvalue weighted by Gasteiger charge is -2.26. The van der Waals surface area contributed by atoms with Crippen LogP contribution >= 0.6 is 0 Å². The topological polar surface area (TPSA) is 51.1 Å². The summed E-state index contributed by atoms with van der Waals surface area (Å²) in [6, 6.07) is 14.2. The fourth-order valence-corrected chi connectivity index (χ4v) is 4.41. The summed E-state index contributed by atoms with van der Waals surface area (Å²) in [5.74, 6) is 1.50. The van der Waals surface area contributed by atoms with Crippen LogP contribution in [0.5, 0.6) is 11.5 Å². The molecule has 5 rings (SSSR count). The number of hydrogen-bond acceptors (Lipinski definition) is 4. The normalized spacial score (nSPS) is 19.6. The molecular weight excluding hydrogens is 352 g/mol. The van der Waals surface area contributed by atoms with E-state index in [9.17, 15) is 4.79 Å². The van der Waals surface area contributed by atoms with Crippen LogP contribution in [0.3, 0.4) is 0 Å². The Morgan fingerprint density at radius 1 is 0.929 bits per heavy atom. The molecule has 1 amide bonds. The van der Waals surface area contributed by atoms with Gasteiger partial charge < -0.3 is 9.47 Å². The van der Waals surface area contributed by atoms with Crippen LogP contribution in [0.15, 0.2) is 47.6 Å². The number of carbonyl (C=O) groups excluding carboxylic acids is 1. The average molecular weight is 376 g/mol. The molecule has 2 aliphatic heterocycles. The van der Waals surface area contributed by atoms with E-state index >= 15 is 0 Å². The first-order valence-electron chi connectivity index (χ1n) is 10.2. The predicted molar refractivity (Wildman–Crippen MR) is 107 cm³/mol. The van der Waals surface area contributed by atoms with Gasteiger partial charge in [0.2, 0.25) is 12.7 Å². The van der Waals surface area contributed by atoms with Gasteiger partial charge in [0.05, 0.1) is 18.2 Å². The largest absolute Gasteiger partial charge is 0.454 e. The molecule has 28 heavy (non-hydrogen) atoms. The third kappa shape index (κ3) is 3.15. The molecule has 1 fully saturated rings. The summed E-state index contributed by atoms with van der Waals surface area (Å²) in [6.45, 7) is 0.220. The minimum absolute atomic E-state index is 0.0675. The van der Waals surface area contributed by atoms with Crippen molar-refractivity contribution in [2.24, 2.45) is 5.10 Å². The summed E-state index contributed by atoms with van der Waals surface area (Å²) >= 11 is 0. The second kappa shape index (κ2) is 7.30. The van der Waals surface area contributed by atoms with E-state index in [0.29, 0.717) is 12.2 Å². The van der Waals surface area contributed by atoms with Crippen molar-refractivity contribution in [3.63, 3.8) is 0 Å². The Balaban J connectivity index is 1.63. The van der Waals surface area contributed by atoms with Crippen molar-refractivity contribution in [2.45, 2.75) is 51.0 Å². The molecule has 0 saturated heterocycles. The predicted octanol–water partition coefficient (Wildman–Crippen LogP) is 4.28. The lowest BCUT2D eigenvalue weighted by atomic mass is 9.95. The molecule has 2 aromatic carbocycles. The highest BCUT2D eigenvalue weighted by Gasteiger charge is 2.31. The zero-order chi connectivity index (χ0) is 18.9. The Kier molecular flexibility index (Phi) is 4.51. The lowest BCUT2D eigenvalue weighted by Crippen LogP contribution is -2.36. The number of benzene rings is 2. The number of hydrogen-bond donors (Lipinski definition) is 0. The minimum Gasteiger partial charge on any atom is -0.454 e. The molecule has 1 aliphatic carbocycles. The number of rotatable bonds is 2. The fourth-order valence-electron chi connectivity index (χ4n) is 4.41. The number of hydrazone groups is 1. The number of carbonyl (C=O) groups is 1. The quantitative estimate of drug-likeness (QED) is 0.736. The molecule has 0 aromatic heterocycles. The van der Waals surface area contributed by atoms with Gasteiger partial charge in [-0.05, 0) is 30.5 Å². The van der Waals surface area contributed by atoms with Gasteiger partial charge in [-0.3, -0.25) is 4.79 Å². The standard InChI is InChI=1S/C23H24N2O3/c26-22-13-17-12-20-21(28-15-27-20)14-19(17)23(16-8-4-3-5-9-16)24-25(22)18-10-6-1-2-7-11-18/h3-5,8-9,12,14,18H,1-2,6-7,10-11,13,15H2. The molecule has 0 radical (unpaired) electrons. The molecule has 5 nitrogen and oxygen atoms in total. The molecular formula is C23H24N2O3. The van der Waals surface area contributed by atoms with Gasteiger partial charge in [-0.25, -0.2) is 5.01 Å². The van der Waals surface area contributed by atoms with E-state index in [4.69, 9.17) is 14.6 Å². The van der Waals surface area contributed by atoms with E-state index in [1.165, 1.54) is 12.8 Å². The number of ether oxygens (including phenoxy) is 2. The molecule has 5 heteroatoms. The Hall–Kier alpha value is -2.82. The van der Waals surface area contributed by atoms with E-state index in [-0.39, 0.29) is 18.7 Å². The third-order valence-corrected chi connectivity index (χ3v) is 5.88. The maximum Gasteiger partial charge on any atom is 0.247 e. The molecule has 0 unspecified atom stereocenters. The van der Waals surface area contributed by atoms with Crippen molar-refractivity contribution in [3.05, 3.63) is 59.2 Å². The Morgan fingerprint density at radius 3 is 2.39 bits per heavy atom. The maximum absolute atomic E-state index is 13.2. The number of amides is 1. The lowest BCUT2D eigenvalue weighted by molar-refractivity contribution is -0.133. The Morgan fingerprint density at radius 2 is 1.64 bits per heavy atom. The summed E-state index contributed by atoms with van der Waals surface area (Å²) in [7, 11) is 0. The van der Waals surface area contributed by atoms with Crippen LogP contribution in [0, 0.1) is 0 Å². The first-order valence-corrected chi connectivity index (χ1v) is 10.2. The molecule has 3 aliphatic rings. The highest BCUT2D eigenvalue weighted by atomic mass is 16.7. The van der Waals surface area contributed by atoms with Crippen LogP contribution in [0.2, 0.25) is 0 Å². The van der Waals surface area contributed by atoms with Gasteiger partial charge in [0.15, 0.2) is 11.5 Å². The van der Waals surface area contributed by atoms with Gasteiger partial charge in [0.1, 0.15) is 0 Å². The zero-order valence-electron chi connectivity index (χ0n) is 15.9. The second-order valence-electron chi connectivity index (χ2n) is 7.74. The Bertz CT molecular complexity index is 915. The summed E-state index contributed by atoms with van der Waals surface area (Å²) in [6.07, 6.45) is 7.20. The van der Waals surface area contributed by atoms with E-state index in [1.807, 2.05) is 42.5 Å². The molecule has 2 heterocycles. The van der Waals surface area contributed by atoms with Crippen LogP contribution in [0.25, 0.3) is 0 Å². The van der Waals surface area contributed by atoms with Crippen LogP contribution in [-0.4, -0.2) is 29.5 Å². The van der Waals surface area contributed by atoms with E-state index in [2.05, 4.69) is 0 Å². The van der Waals surface area contributed by atoms with Gasteiger partial charge in [0.25, 0.3) is 0 Å². The molecule has 144 valence electrons. The molecule has 2 aromatic rings. The SMILES string of the molecule is O=C1Cc2cc3c(cc2C(c2ccccc2)=NN1C1CCCCCC1)OCO3. The monoisotopic (exact) mass is 376 g/mol. The van der Waals surface area contributed by atoms with Gasteiger partial charge in [-0.2, -0.15) is 5.10 Å². The first-order chi connectivity index (χ1) is 13.8. The minimum atomic E-state index is 0.0675. The van der Waals surface area contributed by atoms with Crippen LogP contribution in [0.1, 0.15) is 55.2 Å². The van der Waals surface area contributed by atoms with Crippen molar-refractivity contribution in [1.82, 2.24) is 5.01 Å². The van der Waals surface area contributed by atoms with Crippen molar-refractivity contribution >= 4 is 11.6 Å². The summed E-state index contributed by atoms with van der Waals surface area (Å²) in [5.41, 5.74) is 3.76. The molecule has 1 saturated carbocycles. The third-order valence-electron chi connectivity index (χ3n) is 5.88. The first kappa shape index (κ1) is 17.3. The molecule has 0 N–H and O–H groups in total. The van der Waals surface area contributed by atoms with Crippen molar-refractivity contribution < 1.29 is 14.3 Å². The van der Waals surface area contributed by atoms with Crippen LogP contribution < -0.4 is 9.47 Å². The van der Waals surface area contributed by atoms with Crippen molar-refractivity contribution in [1.29, 1.82) is 0 Å². The molecule has 0 atom stereocenters. The van der Waals surface area contributed by atoms with E-state index in [1.54, 1.807) is 5.01 Å². The summed E-state index contributed by atoms with van der Waals surface area (Å²) in [4.78, 5) is 13.2. The zero-order valence-corrected chi connectivity index (χ0v) is 15.9. The molecule has 0 spiro atoms. The summed E-state index contributed by atoms with van der Waals surface area (Å²) < 4.78 is 11.2. The van der Waals surface area contributed by atoms with Gasteiger partial charge in [-0.1, -0.05) is 56.0 Å². The van der Waals surface area contributed by atoms with Gasteiger partial charge in [-0.15, -0.1) is 0 Å². The van der Waals surface area contributed by atoms with Crippen molar-refractivity contribution in [2.75, 3.05) is 6.79 Å². The smallest absolute Gasteiger partial charge is 0.247 e. The van der Waals surface area contributed by atoms with Gasteiger partial charge >= 0.3 is 0 Å². The number of fused-ring (bicyclic) bond motifs is 2. The number of nitrogens with zero attached hydrogens (tertiary/aromatic N) is 2. The van der Waals surface area contributed by atoms with E-state index < -0.39 is 0 Å². The second-order valence-corrected chi connectivity index (χ2v) is 7.74. The fraction of sp³-hybridized carbons (Fsp3) is 0.391. The maximum atomic E-state index is 13.2.